The first-order valence-corrected chi connectivity index (χ1v) is 13.3. The maximum absolute atomic E-state index is 13.3. The Balaban J connectivity index is 1.21. The van der Waals surface area contributed by atoms with E-state index in [4.69, 9.17) is 4.74 Å². The van der Waals surface area contributed by atoms with Gasteiger partial charge in [-0.3, -0.25) is 18.7 Å². The van der Waals surface area contributed by atoms with Crippen molar-refractivity contribution >= 4 is 16.8 Å². The fourth-order valence-electron chi connectivity index (χ4n) is 6.13. The van der Waals surface area contributed by atoms with Crippen molar-refractivity contribution in [3.05, 3.63) is 51.3 Å². The topological polar surface area (TPSA) is 76.8 Å². The summed E-state index contributed by atoms with van der Waals surface area (Å²) in [4.78, 5) is 43.9. The number of rotatable bonds is 6. The lowest BCUT2D eigenvalue weighted by molar-refractivity contribution is -0.139. The third kappa shape index (κ3) is 4.58. The summed E-state index contributed by atoms with van der Waals surface area (Å²) in [6.07, 6.45) is 5.80. The first-order chi connectivity index (χ1) is 17.3. The second-order valence-corrected chi connectivity index (χ2v) is 11.0. The molecule has 1 atom stereocenters. The lowest BCUT2D eigenvalue weighted by Gasteiger charge is -2.43. The van der Waals surface area contributed by atoms with Crippen LogP contribution >= 0.6 is 0 Å². The molecule has 0 bridgehead atoms. The molecule has 194 valence electrons. The summed E-state index contributed by atoms with van der Waals surface area (Å²) in [6.45, 7) is 9.28. The van der Waals surface area contributed by atoms with Crippen molar-refractivity contribution in [2.75, 3.05) is 26.7 Å². The lowest BCUT2D eigenvalue weighted by atomic mass is 9.81. The van der Waals surface area contributed by atoms with Crippen molar-refractivity contribution in [1.82, 2.24) is 18.9 Å². The van der Waals surface area contributed by atoms with E-state index in [-0.39, 0.29) is 29.0 Å². The summed E-state index contributed by atoms with van der Waals surface area (Å²) in [5.41, 5.74) is 1.29. The van der Waals surface area contributed by atoms with Crippen LogP contribution in [0.5, 0.6) is 5.75 Å². The Labute approximate surface area is 212 Å². The first-order valence-electron chi connectivity index (χ1n) is 13.3. The number of fused-ring (bicyclic) bond motifs is 1. The maximum atomic E-state index is 13.3. The number of aromatic nitrogens is 2. The molecule has 2 heterocycles. The fraction of sp³-hybridized carbons (Fsp3) is 0.607. The molecule has 8 nitrogen and oxygen atoms in total. The zero-order chi connectivity index (χ0) is 25.6. The molecule has 0 radical (unpaired) electrons. The Kier molecular flexibility index (Phi) is 6.70. The Morgan fingerprint density at radius 3 is 2.39 bits per heavy atom. The van der Waals surface area contributed by atoms with Crippen LogP contribution in [0.2, 0.25) is 0 Å². The van der Waals surface area contributed by atoms with Gasteiger partial charge in [-0.2, -0.15) is 0 Å². The standard InChI is InChI=1S/C28H38N4O4/c1-18-16-30(13-14-31(18)19(2)21-9-10-21)26(33)22-7-5-20(6-8-22)17-32-27(34)24-15-23(36-4)11-12-25(24)29(3)28(32)35/h11-12,15,18,20-22H,2,5-10,13-14,16-17H2,1,3-4H3/t18-,20-,22-/m1/s1. The molecular weight excluding hydrogens is 456 g/mol. The normalized spacial score (nSPS) is 24.7. The fourth-order valence-corrected chi connectivity index (χ4v) is 6.13. The molecular formula is C28H38N4O4. The molecule has 5 rings (SSSR count). The predicted molar refractivity (Wildman–Crippen MR) is 140 cm³/mol. The van der Waals surface area contributed by atoms with Crippen LogP contribution in [0.4, 0.5) is 0 Å². The van der Waals surface area contributed by atoms with E-state index in [0.29, 0.717) is 35.2 Å². The summed E-state index contributed by atoms with van der Waals surface area (Å²) in [6, 6.07) is 5.51. The number of piperazine rings is 1. The second-order valence-electron chi connectivity index (χ2n) is 11.0. The molecule has 36 heavy (non-hydrogen) atoms. The number of methoxy groups -OCH3 is 1. The third-order valence-corrected chi connectivity index (χ3v) is 8.55. The van der Waals surface area contributed by atoms with E-state index in [1.807, 2.05) is 4.90 Å². The van der Waals surface area contributed by atoms with E-state index < -0.39 is 0 Å². The van der Waals surface area contributed by atoms with Gasteiger partial charge in [0.2, 0.25) is 5.91 Å². The van der Waals surface area contributed by atoms with E-state index in [1.54, 1.807) is 32.4 Å². The maximum Gasteiger partial charge on any atom is 0.331 e. The largest absolute Gasteiger partial charge is 0.497 e. The van der Waals surface area contributed by atoms with Crippen molar-refractivity contribution in [3.63, 3.8) is 0 Å². The minimum Gasteiger partial charge on any atom is -0.497 e. The Morgan fingerprint density at radius 2 is 1.75 bits per heavy atom. The molecule has 3 aliphatic rings. The number of carbonyl (C=O) groups excluding carboxylic acids is 1. The summed E-state index contributed by atoms with van der Waals surface area (Å²) >= 11 is 0. The number of nitrogens with zero attached hydrogens (tertiary/aromatic N) is 4. The van der Waals surface area contributed by atoms with Crippen LogP contribution in [-0.2, 0) is 18.4 Å². The number of hydrogen-bond acceptors (Lipinski definition) is 5. The Bertz CT molecular complexity index is 1280. The smallest absolute Gasteiger partial charge is 0.331 e. The van der Waals surface area contributed by atoms with Crippen LogP contribution in [0.15, 0.2) is 40.1 Å². The molecule has 0 unspecified atom stereocenters. The SMILES string of the molecule is C=C(C1CC1)N1CCN(C(=O)[C@H]2CC[C@H](Cn3c(=O)c4cc(OC)ccc4n(C)c3=O)CC2)C[C@H]1C. The molecule has 3 fully saturated rings. The minimum atomic E-state index is -0.296. The summed E-state index contributed by atoms with van der Waals surface area (Å²) in [5, 5.41) is 0.484. The minimum absolute atomic E-state index is 0.0343. The molecule has 2 aliphatic carbocycles. The van der Waals surface area contributed by atoms with E-state index in [0.717, 1.165) is 45.3 Å². The molecule has 1 saturated heterocycles. The summed E-state index contributed by atoms with van der Waals surface area (Å²) in [5.74, 6) is 1.75. The monoisotopic (exact) mass is 494 g/mol. The highest BCUT2D eigenvalue weighted by Crippen LogP contribution is 2.39. The van der Waals surface area contributed by atoms with Gasteiger partial charge in [-0.25, -0.2) is 4.79 Å². The average Bonchev–Trinajstić information content (AvgIpc) is 3.75. The molecule has 0 spiro atoms. The van der Waals surface area contributed by atoms with Crippen LogP contribution < -0.4 is 16.0 Å². The van der Waals surface area contributed by atoms with Crippen molar-refractivity contribution < 1.29 is 9.53 Å². The molecule has 0 N–H and O–H groups in total. The highest BCUT2D eigenvalue weighted by Gasteiger charge is 2.36. The molecule has 2 saturated carbocycles. The van der Waals surface area contributed by atoms with Crippen LogP contribution in [0.1, 0.15) is 45.4 Å². The van der Waals surface area contributed by atoms with Gasteiger partial charge in [0.1, 0.15) is 5.75 Å². The van der Waals surface area contributed by atoms with Gasteiger partial charge < -0.3 is 14.5 Å². The number of amides is 1. The zero-order valence-corrected chi connectivity index (χ0v) is 21.7. The number of carbonyl (C=O) groups is 1. The Morgan fingerprint density at radius 1 is 1.06 bits per heavy atom. The van der Waals surface area contributed by atoms with Crippen molar-refractivity contribution in [3.8, 4) is 5.75 Å². The van der Waals surface area contributed by atoms with Gasteiger partial charge >= 0.3 is 5.69 Å². The predicted octanol–water partition coefficient (Wildman–Crippen LogP) is 2.97. The summed E-state index contributed by atoms with van der Waals surface area (Å²) in [7, 11) is 3.26. The lowest BCUT2D eigenvalue weighted by Crippen LogP contribution is -2.54. The number of ether oxygens (including phenoxy) is 1. The van der Waals surface area contributed by atoms with Gasteiger partial charge in [0.15, 0.2) is 0 Å². The van der Waals surface area contributed by atoms with E-state index >= 15 is 0 Å². The first kappa shape index (κ1) is 24.7. The van der Waals surface area contributed by atoms with Gasteiger partial charge in [-0.05, 0) is 75.5 Å². The van der Waals surface area contributed by atoms with Gasteiger partial charge in [-0.1, -0.05) is 6.58 Å². The van der Waals surface area contributed by atoms with Gasteiger partial charge in [-0.15, -0.1) is 0 Å². The van der Waals surface area contributed by atoms with E-state index in [2.05, 4.69) is 18.4 Å². The van der Waals surface area contributed by atoms with Crippen LogP contribution in [0.3, 0.4) is 0 Å². The Hall–Kier alpha value is -3.03. The molecule has 2 aromatic rings. The van der Waals surface area contributed by atoms with Crippen LogP contribution in [0, 0.1) is 17.8 Å². The number of aryl methyl sites for hydroxylation is 1. The van der Waals surface area contributed by atoms with Crippen LogP contribution in [-0.4, -0.2) is 57.6 Å². The van der Waals surface area contributed by atoms with Gasteiger partial charge in [0.25, 0.3) is 5.56 Å². The third-order valence-electron chi connectivity index (χ3n) is 8.55. The molecule has 1 amide bonds. The quantitative estimate of drug-likeness (QED) is 0.617. The van der Waals surface area contributed by atoms with Crippen molar-refractivity contribution in [2.45, 2.75) is 58.0 Å². The second kappa shape index (κ2) is 9.79. The zero-order valence-electron chi connectivity index (χ0n) is 21.7. The average molecular weight is 495 g/mol. The number of allylic oxidation sites excluding steroid dienone is 1. The summed E-state index contributed by atoms with van der Waals surface area (Å²) < 4.78 is 8.18. The number of benzene rings is 1. The number of hydrogen-bond donors (Lipinski definition) is 0. The van der Waals surface area contributed by atoms with Gasteiger partial charge in [0.05, 0.1) is 18.0 Å². The highest BCUT2D eigenvalue weighted by molar-refractivity contribution is 5.80. The van der Waals surface area contributed by atoms with E-state index in [1.165, 1.54) is 27.7 Å². The molecule has 1 aromatic carbocycles. The molecule has 1 aliphatic heterocycles. The van der Waals surface area contributed by atoms with Crippen molar-refractivity contribution in [1.29, 1.82) is 0 Å². The molecule has 8 heteroatoms. The van der Waals surface area contributed by atoms with Crippen molar-refractivity contribution in [2.24, 2.45) is 24.8 Å². The van der Waals surface area contributed by atoms with Gasteiger partial charge in [0, 0.05) is 50.9 Å². The highest BCUT2D eigenvalue weighted by atomic mass is 16.5. The van der Waals surface area contributed by atoms with E-state index in [9.17, 15) is 14.4 Å². The van der Waals surface area contributed by atoms with Crippen LogP contribution in [0.25, 0.3) is 10.9 Å². The molecule has 1 aromatic heterocycles.